The van der Waals surface area contributed by atoms with E-state index in [-0.39, 0.29) is 5.91 Å². The molecule has 0 aliphatic carbocycles. The molecule has 4 heteroatoms. The molecule has 2 aromatic carbocycles. The molecule has 0 saturated carbocycles. The number of hydrogen-bond acceptors (Lipinski definition) is 3. The van der Waals surface area contributed by atoms with Crippen molar-refractivity contribution in [3.63, 3.8) is 0 Å². The third kappa shape index (κ3) is 5.88. The Hall–Kier alpha value is -2.75. The van der Waals surface area contributed by atoms with Crippen molar-refractivity contribution in [2.45, 2.75) is 34.1 Å². The van der Waals surface area contributed by atoms with Gasteiger partial charge in [0.15, 0.2) is 0 Å². The summed E-state index contributed by atoms with van der Waals surface area (Å²) in [5.74, 6) is 0.641. The van der Waals surface area contributed by atoms with Gasteiger partial charge in [-0.1, -0.05) is 25.1 Å². The van der Waals surface area contributed by atoms with Crippen LogP contribution in [0.5, 0.6) is 5.75 Å². The van der Waals surface area contributed by atoms with Crippen LogP contribution in [0.25, 0.3) is 6.08 Å². The zero-order valence-electron chi connectivity index (χ0n) is 16.8. The van der Waals surface area contributed by atoms with Crippen LogP contribution in [0.4, 0.5) is 11.4 Å². The SMILES string of the molecule is CCCOc1ccccc1/C=C/C(=O)Nc1ccc(N(CC)CC)cc1C. The van der Waals surface area contributed by atoms with Crippen molar-refractivity contribution in [1.82, 2.24) is 0 Å². The van der Waals surface area contributed by atoms with E-state index in [1.807, 2.05) is 43.3 Å². The van der Waals surface area contributed by atoms with Crippen LogP contribution in [0, 0.1) is 6.92 Å². The summed E-state index contributed by atoms with van der Waals surface area (Å²) in [7, 11) is 0. The van der Waals surface area contributed by atoms with Gasteiger partial charge in [0.2, 0.25) is 5.91 Å². The molecule has 27 heavy (non-hydrogen) atoms. The molecule has 0 radical (unpaired) electrons. The molecule has 0 heterocycles. The predicted octanol–water partition coefficient (Wildman–Crippen LogP) is 5.28. The van der Waals surface area contributed by atoms with Gasteiger partial charge in [-0.2, -0.15) is 0 Å². The van der Waals surface area contributed by atoms with Gasteiger partial charge in [0.05, 0.1) is 6.61 Å². The first-order valence-electron chi connectivity index (χ1n) is 9.65. The third-order valence-electron chi connectivity index (χ3n) is 4.39. The molecule has 2 rings (SSSR count). The molecule has 0 aromatic heterocycles. The fourth-order valence-electron chi connectivity index (χ4n) is 2.88. The monoisotopic (exact) mass is 366 g/mol. The van der Waals surface area contributed by atoms with Crippen LogP contribution in [0.3, 0.4) is 0 Å². The van der Waals surface area contributed by atoms with Gasteiger partial charge < -0.3 is 15.0 Å². The van der Waals surface area contributed by atoms with E-state index < -0.39 is 0 Å². The predicted molar refractivity (Wildman–Crippen MR) is 115 cm³/mol. The molecule has 144 valence electrons. The highest BCUT2D eigenvalue weighted by Crippen LogP contribution is 2.23. The smallest absolute Gasteiger partial charge is 0.248 e. The zero-order valence-corrected chi connectivity index (χ0v) is 16.8. The molecular formula is C23H30N2O2. The molecule has 0 atom stereocenters. The van der Waals surface area contributed by atoms with Crippen LogP contribution >= 0.6 is 0 Å². The maximum absolute atomic E-state index is 12.3. The number of anilines is 2. The van der Waals surface area contributed by atoms with Gasteiger partial charge in [-0.15, -0.1) is 0 Å². The molecular weight excluding hydrogens is 336 g/mol. The number of amides is 1. The Labute approximate surface area is 162 Å². The highest BCUT2D eigenvalue weighted by atomic mass is 16.5. The number of aryl methyl sites for hydroxylation is 1. The van der Waals surface area contributed by atoms with E-state index in [1.165, 1.54) is 5.69 Å². The number of carbonyl (C=O) groups is 1. The van der Waals surface area contributed by atoms with Crippen molar-refractivity contribution in [3.8, 4) is 5.75 Å². The van der Waals surface area contributed by atoms with Crippen molar-refractivity contribution < 1.29 is 9.53 Å². The van der Waals surface area contributed by atoms with Gasteiger partial charge in [0.1, 0.15) is 5.75 Å². The minimum absolute atomic E-state index is 0.154. The largest absolute Gasteiger partial charge is 0.493 e. The maximum atomic E-state index is 12.3. The van der Waals surface area contributed by atoms with Crippen LogP contribution in [-0.2, 0) is 4.79 Å². The third-order valence-corrected chi connectivity index (χ3v) is 4.39. The summed E-state index contributed by atoms with van der Waals surface area (Å²) in [6, 6.07) is 13.9. The van der Waals surface area contributed by atoms with Crippen molar-refractivity contribution in [3.05, 3.63) is 59.7 Å². The number of nitrogens with zero attached hydrogens (tertiary/aromatic N) is 1. The number of nitrogens with one attached hydrogen (secondary N) is 1. The summed E-state index contributed by atoms with van der Waals surface area (Å²) in [6.45, 7) is 11.0. The van der Waals surface area contributed by atoms with E-state index in [0.717, 1.165) is 42.1 Å². The maximum Gasteiger partial charge on any atom is 0.248 e. The average molecular weight is 367 g/mol. The molecule has 0 bridgehead atoms. The van der Waals surface area contributed by atoms with Gasteiger partial charge in [-0.3, -0.25) is 4.79 Å². The average Bonchev–Trinajstić information content (AvgIpc) is 2.68. The molecule has 2 aromatic rings. The van der Waals surface area contributed by atoms with Crippen LogP contribution in [-0.4, -0.2) is 25.6 Å². The van der Waals surface area contributed by atoms with E-state index in [9.17, 15) is 4.79 Å². The van der Waals surface area contributed by atoms with Crippen molar-refractivity contribution in [1.29, 1.82) is 0 Å². The summed E-state index contributed by atoms with van der Waals surface area (Å²) in [5.41, 5.74) is 3.95. The molecule has 4 nitrogen and oxygen atoms in total. The highest BCUT2D eigenvalue weighted by molar-refractivity contribution is 6.02. The second kappa shape index (κ2) is 10.4. The summed E-state index contributed by atoms with van der Waals surface area (Å²) in [6.07, 6.45) is 4.28. The Balaban J connectivity index is 2.07. The van der Waals surface area contributed by atoms with Crippen molar-refractivity contribution in [2.75, 3.05) is 29.9 Å². The summed E-state index contributed by atoms with van der Waals surface area (Å²) in [5, 5.41) is 2.96. The molecule has 0 saturated heterocycles. The molecule has 0 aliphatic rings. The van der Waals surface area contributed by atoms with Gasteiger partial charge in [0.25, 0.3) is 0 Å². The second-order valence-electron chi connectivity index (χ2n) is 6.38. The lowest BCUT2D eigenvalue weighted by Crippen LogP contribution is -2.22. The normalized spacial score (nSPS) is 10.8. The quantitative estimate of drug-likeness (QED) is 0.614. The van der Waals surface area contributed by atoms with E-state index >= 15 is 0 Å². The minimum atomic E-state index is -0.154. The first kappa shape index (κ1) is 20.6. The first-order valence-corrected chi connectivity index (χ1v) is 9.65. The van der Waals surface area contributed by atoms with E-state index in [1.54, 1.807) is 12.2 Å². The number of carbonyl (C=O) groups excluding carboxylic acids is 1. The lowest BCUT2D eigenvalue weighted by molar-refractivity contribution is -0.111. The summed E-state index contributed by atoms with van der Waals surface area (Å²) in [4.78, 5) is 14.6. The molecule has 0 aliphatic heterocycles. The van der Waals surface area contributed by atoms with Crippen molar-refractivity contribution in [2.24, 2.45) is 0 Å². The molecule has 0 fully saturated rings. The van der Waals surface area contributed by atoms with Crippen molar-refractivity contribution >= 4 is 23.4 Å². The van der Waals surface area contributed by atoms with E-state index in [0.29, 0.717) is 6.61 Å². The minimum Gasteiger partial charge on any atom is -0.493 e. The lowest BCUT2D eigenvalue weighted by Gasteiger charge is -2.22. The molecule has 1 N–H and O–H groups in total. The Morgan fingerprint density at radius 3 is 2.52 bits per heavy atom. The van der Waals surface area contributed by atoms with Gasteiger partial charge in [-0.05, 0) is 63.1 Å². The zero-order chi connectivity index (χ0) is 19.6. The Bertz CT molecular complexity index is 780. The van der Waals surface area contributed by atoms with E-state index in [2.05, 4.69) is 37.1 Å². The van der Waals surface area contributed by atoms with Crippen LogP contribution in [0.15, 0.2) is 48.5 Å². The number of benzene rings is 2. The Morgan fingerprint density at radius 2 is 1.85 bits per heavy atom. The number of para-hydroxylation sites is 1. The number of ether oxygens (including phenoxy) is 1. The highest BCUT2D eigenvalue weighted by Gasteiger charge is 2.07. The fraction of sp³-hybridized carbons (Fsp3) is 0.348. The van der Waals surface area contributed by atoms with Crippen LogP contribution in [0.2, 0.25) is 0 Å². The molecule has 0 spiro atoms. The van der Waals surface area contributed by atoms with Gasteiger partial charge >= 0.3 is 0 Å². The topological polar surface area (TPSA) is 41.6 Å². The molecule has 0 unspecified atom stereocenters. The van der Waals surface area contributed by atoms with Gasteiger partial charge in [0, 0.05) is 36.1 Å². The summed E-state index contributed by atoms with van der Waals surface area (Å²) < 4.78 is 5.73. The van der Waals surface area contributed by atoms with Crippen LogP contribution < -0.4 is 15.0 Å². The fourth-order valence-corrected chi connectivity index (χ4v) is 2.88. The number of rotatable bonds is 9. The van der Waals surface area contributed by atoms with Gasteiger partial charge in [-0.25, -0.2) is 0 Å². The Kier molecular flexibility index (Phi) is 7.93. The molecule has 1 amide bonds. The lowest BCUT2D eigenvalue weighted by atomic mass is 10.1. The standard InChI is InChI=1S/C23H30N2O2/c1-5-16-27-22-11-9-8-10-19(22)12-15-23(26)24-21-14-13-20(17-18(21)4)25(6-2)7-3/h8-15,17H,5-7,16H2,1-4H3,(H,24,26)/b15-12+. The second-order valence-corrected chi connectivity index (χ2v) is 6.38. The first-order chi connectivity index (χ1) is 13.1. The van der Waals surface area contributed by atoms with E-state index in [4.69, 9.17) is 4.74 Å². The summed E-state index contributed by atoms with van der Waals surface area (Å²) >= 11 is 0. The number of hydrogen-bond donors (Lipinski definition) is 1. The Morgan fingerprint density at radius 1 is 1.11 bits per heavy atom. The van der Waals surface area contributed by atoms with Crippen LogP contribution in [0.1, 0.15) is 38.3 Å².